The molecule has 0 aromatic carbocycles. The SMILES string of the molecule is CCCCC=CC1(O)CCCCC1. The number of aliphatic hydroxyl groups is 1. The predicted octanol–water partition coefficient (Wildman–Crippen LogP) is 3.43. The molecule has 1 nitrogen and oxygen atoms in total. The van der Waals surface area contributed by atoms with E-state index in [-0.39, 0.29) is 0 Å². The Morgan fingerprint density at radius 3 is 2.54 bits per heavy atom. The zero-order chi connectivity index (χ0) is 9.57. The summed E-state index contributed by atoms with van der Waals surface area (Å²) in [7, 11) is 0. The van der Waals surface area contributed by atoms with Crippen LogP contribution < -0.4 is 0 Å². The van der Waals surface area contributed by atoms with E-state index in [1.165, 1.54) is 32.1 Å². The van der Waals surface area contributed by atoms with E-state index in [0.29, 0.717) is 0 Å². The van der Waals surface area contributed by atoms with Crippen molar-refractivity contribution in [2.75, 3.05) is 0 Å². The van der Waals surface area contributed by atoms with Gasteiger partial charge in [-0.2, -0.15) is 0 Å². The quantitative estimate of drug-likeness (QED) is 0.521. The summed E-state index contributed by atoms with van der Waals surface area (Å²) in [4.78, 5) is 0. The van der Waals surface area contributed by atoms with Crippen molar-refractivity contribution in [1.29, 1.82) is 0 Å². The summed E-state index contributed by atoms with van der Waals surface area (Å²) < 4.78 is 0. The topological polar surface area (TPSA) is 20.2 Å². The van der Waals surface area contributed by atoms with Crippen LogP contribution in [0.25, 0.3) is 0 Å². The number of hydrogen-bond acceptors (Lipinski definition) is 1. The lowest BCUT2D eigenvalue weighted by atomic mass is 9.84. The van der Waals surface area contributed by atoms with Crippen LogP contribution in [-0.2, 0) is 0 Å². The Labute approximate surface area is 81.9 Å². The first kappa shape index (κ1) is 10.8. The lowest BCUT2D eigenvalue weighted by Gasteiger charge is -2.28. The Balaban J connectivity index is 2.27. The highest BCUT2D eigenvalue weighted by Crippen LogP contribution is 2.29. The molecule has 0 aromatic heterocycles. The molecule has 0 amide bonds. The highest BCUT2D eigenvalue weighted by atomic mass is 16.3. The number of hydrogen-bond donors (Lipinski definition) is 1. The Hall–Kier alpha value is -0.300. The summed E-state index contributed by atoms with van der Waals surface area (Å²) in [5, 5.41) is 10.1. The van der Waals surface area contributed by atoms with Crippen molar-refractivity contribution in [2.45, 2.75) is 63.9 Å². The van der Waals surface area contributed by atoms with Crippen LogP contribution in [0, 0.1) is 0 Å². The van der Waals surface area contributed by atoms with Crippen molar-refractivity contribution >= 4 is 0 Å². The molecule has 76 valence electrons. The molecule has 0 heterocycles. The molecule has 0 spiro atoms. The lowest BCUT2D eigenvalue weighted by molar-refractivity contribution is 0.0511. The van der Waals surface area contributed by atoms with Crippen molar-refractivity contribution in [3.63, 3.8) is 0 Å². The Morgan fingerprint density at radius 2 is 1.92 bits per heavy atom. The monoisotopic (exact) mass is 182 g/mol. The Bertz CT molecular complexity index is 155. The van der Waals surface area contributed by atoms with E-state index in [9.17, 15) is 5.11 Å². The van der Waals surface area contributed by atoms with Gasteiger partial charge in [-0.25, -0.2) is 0 Å². The second-order valence-electron chi connectivity index (χ2n) is 4.21. The van der Waals surface area contributed by atoms with Gasteiger partial charge in [0.2, 0.25) is 0 Å². The smallest absolute Gasteiger partial charge is 0.0827 e. The summed E-state index contributed by atoms with van der Waals surface area (Å²) in [5.41, 5.74) is -0.452. The van der Waals surface area contributed by atoms with E-state index in [1.807, 2.05) is 6.08 Å². The van der Waals surface area contributed by atoms with Crippen LogP contribution in [0.4, 0.5) is 0 Å². The minimum atomic E-state index is -0.452. The van der Waals surface area contributed by atoms with E-state index in [4.69, 9.17) is 0 Å². The third-order valence-electron chi connectivity index (χ3n) is 2.87. The molecule has 0 atom stereocenters. The molecule has 1 N–H and O–H groups in total. The van der Waals surface area contributed by atoms with Gasteiger partial charge in [0, 0.05) is 0 Å². The average Bonchev–Trinajstić information content (AvgIpc) is 2.14. The third-order valence-corrected chi connectivity index (χ3v) is 2.87. The fourth-order valence-corrected chi connectivity index (χ4v) is 1.96. The molecule has 1 fully saturated rings. The molecule has 0 radical (unpaired) electrons. The Kier molecular flexibility index (Phi) is 4.51. The highest BCUT2D eigenvalue weighted by Gasteiger charge is 2.25. The molecule has 0 aliphatic heterocycles. The summed E-state index contributed by atoms with van der Waals surface area (Å²) >= 11 is 0. The fraction of sp³-hybridized carbons (Fsp3) is 0.833. The summed E-state index contributed by atoms with van der Waals surface area (Å²) in [6.07, 6.45) is 13.4. The first-order valence-electron chi connectivity index (χ1n) is 5.67. The van der Waals surface area contributed by atoms with Gasteiger partial charge in [0.1, 0.15) is 0 Å². The first-order chi connectivity index (χ1) is 6.27. The number of unbranched alkanes of at least 4 members (excludes halogenated alkanes) is 2. The van der Waals surface area contributed by atoms with Gasteiger partial charge in [0.05, 0.1) is 5.60 Å². The average molecular weight is 182 g/mol. The van der Waals surface area contributed by atoms with Crippen molar-refractivity contribution in [1.82, 2.24) is 0 Å². The van der Waals surface area contributed by atoms with Crippen LogP contribution in [0.5, 0.6) is 0 Å². The fourth-order valence-electron chi connectivity index (χ4n) is 1.96. The van der Waals surface area contributed by atoms with Crippen molar-refractivity contribution in [3.8, 4) is 0 Å². The normalized spacial score (nSPS) is 22.3. The molecule has 13 heavy (non-hydrogen) atoms. The first-order valence-corrected chi connectivity index (χ1v) is 5.67. The standard InChI is InChI=1S/C12H22O/c1-2-3-4-6-9-12(13)10-7-5-8-11-12/h6,9,13H,2-5,7-8,10-11H2,1H3. The van der Waals surface area contributed by atoms with Gasteiger partial charge in [-0.05, 0) is 19.3 Å². The largest absolute Gasteiger partial charge is 0.386 e. The van der Waals surface area contributed by atoms with Crippen LogP contribution in [0.3, 0.4) is 0 Å². The lowest BCUT2D eigenvalue weighted by Crippen LogP contribution is -2.28. The van der Waals surface area contributed by atoms with Crippen LogP contribution >= 0.6 is 0 Å². The predicted molar refractivity (Wildman–Crippen MR) is 56.7 cm³/mol. The van der Waals surface area contributed by atoms with Gasteiger partial charge in [-0.1, -0.05) is 51.2 Å². The van der Waals surface area contributed by atoms with Gasteiger partial charge < -0.3 is 5.11 Å². The summed E-state index contributed by atoms with van der Waals surface area (Å²) in [6.45, 7) is 2.20. The van der Waals surface area contributed by atoms with Crippen LogP contribution in [0.2, 0.25) is 0 Å². The maximum absolute atomic E-state index is 10.1. The summed E-state index contributed by atoms with van der Waals surface area (Å²) in [5.74, 6) is 0. The number of rotatable bonds is 4. The maximum atomic E-state index is 10.1. The third kappa shape index (κ3) is 3.95. The molecular weight excluding hydrogens is 160 g/mol. The molecule has 1 rings (SSSR count). The molecule has 0 saturated heterocycles. The van der Waals surface area contributed by atoms with E-state index in [2.05, 4.69) is 13.0 Å². The van der Waals surface area contributed by atoms with Gasteiger partial charge in [0.15, 0.2) is 0 Å². The zero-order valence-electron chi connectivity index (χ0n) is 8.76. The molecular formula is C12H22O. The minimum absolute atomic E-state index is 0.452. The molecule has 1 heteroatoms. The van der Waals surface area contributed by atoms with Crippen LogP contribution in [0.15, 0.2) is 12.2 Å². The maximum Gasteiger partial charge on any atom is 0.0827 e. The molecule has 0 bridgehead atoms. The molecule has 1 aliphatic rings. The molecule has 0 unspecified atom stereocenters. The zero-order valence-corrected chi connectivity index (χ0v) is 8.76. The Morgan fingerprint density at radius 1 is 1.23 bits per heavy atom. The highest BCUT2D eigenvalue weighted by molar-refractivity contribution is 5.02. The summed E-state index contributed by atoms with van der Waals surface area (Å²) in [6, 6.07) is 0. The number of allylic oxidation sites excluding steroid dienone is 1. The van der Waals surface area contributed by atoms with E-state index in [1.54, 1.807) is 0 Å². The van der Waals surface area contributed by atoms with E-state index >= 15 is 0 Å². The second kappa shape index (κ2) is 5.43. The van der Waals surface area contributed by atoms with E-state index in [0.717, 1.165) is 19.3 Å². The van der Waals surface area contributed by atoms with Crippen molar-refractivity contribution in [3.05, 3.63) is 12.2 Å². The molecule has 0 aromatic rings. The van der Waals surface area contributed by atoms with Gasteiger partial charge in [-0.3, -0.25) is 0 Å². The van der Waals surface area contributed by atoms with Gasteiger partial charge in [-0.15, -0.1) is 0 Å². The second-order valence-corrected chi connectivity index (χ2v) is 4.21. The van der Waals surface area contributed by atoms with Crippen LogP contribution in [-0.4, -0.2) is 10.7 Å². The van der Waals surface area contributed by atoms with Crippen molar-refractivity contribution in [2.24, 2.45) is 0 Å². The minimum Gasteiger partial charge on any atom is -0.386 e. The van der Waals surface area contributed by atoms with Gasteiger partial charge in [0.25, 0.3) is 0 Å². The van der Waals surface area contributed by atoms with Gasteiger partial charge >= 0.3 is 0 Å². The molecule has 1 saturated carbocycles. The van der Waals surface area contributed by atoms with Crippen molar-refractivity contribution < 1.29 is 5.11 Å². The molecule has 1 aliphatic carbocycles. The van der Waals surface area contributed by atoms with Crippen LogP contribution in [0.1, 0.15) is 58.3 Å². The van der Waals surface area contributed by atoms with E-state index < -0.39 is 5.60 Å².